The number of aliphatic hydroxyl groups excluding tert-OH is 2. The van der Waals surface area contributed by atoms with Crippen molar-refractivity contribution in [3.63, 3.8) is 0 Å². The van der Waals surface area contributed by atoms with Gasteiger partial charge < -0.3 is 34.9 Å². The van der Waals surface area contributed by atoms with Crippen LogP contribution in [-0.4, -0.2) is 63.1 Å². The molecule has 0 atom stereocenters. The van der Waals surface area contributed by atoms with Crippen molar-refractivity contribution >= 4 is 5.69 Å². The molecule has 0 unspecified atom stereocenters. The van der Waals surface area contributed by atoms with E-state index in [0.29, 0.717) is 43.6 Å². The molecule has 0 saturated carbocycles. The first-order chi connectivity index (χ1) is 10.3. The Morgan fingerprint density at radius 1 is 0.762 bits per heavy atom. The average Bonchev–Trinajstić information content (AvgIpc) is 2.48. The second kappa shape index (κ2) is 11.2. The first-order valence-corrected chi connectivity index (χ1v) is 6.80. The third-order valence-corrected chi connectivity index (χ3v) is 2.41. The smallest absolute Gasteiger partial charge is 0.163 e. The Balaban J connectivity index is 2.39. The normalized spacial score (nSPS) is 10.6. The fourth-order valence-corrected chi connectivity index (χ4v) is 1.51. The van der Waals surface area contributed by atoms with Gasteiger partial charge in [0.15, 0.2) is 11.5 Å². The van der Waals surface area contributed by atoms with Gasteiger partial charge in [-0.3, -0.25) is 0 Å². The Hall–Kier alpha value is -1.54. The van der Waals surface area contributed by atoms with E-state index < -0.39 is 0 Å². The molecule has 0 aliphatic heterocycles. The van der Waals surface area contributed by atoms with Crippen molar-refractivity contribution in [1.29, 1.82) is 0 Å². The molecule has 7 nitrogen and oxygen atoms in total. The van der Waals surface area contributed by atoms with Crippen LogP contribution < -0.4 is 15.2 Å². The van der Waals surface area contributed by atoms with Crippen LogP contribution in [0.15, 0.2) is 18.2 Å². The molecular formula is C14H23NO6. The zero-order chi connectivity index (χ0) is 15.3. The van der Waals surface area contributed by atoms with E-state index >= 15 is 0 Å². The highest BCUT2D eigenvalue weighted by atomic mass is 16.6. The van der Waals surface area contributed by atoms with E-state index in [9.17, 15) is 0 Å². The summed E-state index contributed by atoms with van der Waals surface area (Å²) in [6.07, 6.45) is 0. The minimum Gasteiger partial charge on any atom is -0.487 e. The molecule has 0 spiro atoms. The maximum atomic E-state index is 8.59. The average molecular weight is 301 g/mol. The van der Waals surface area contributed by atoms with Crippen molar-refractivity contribution < 1.29 is 29.2 Å². The highest BCUT2D eigenvalue weighted by Crippen LogP contribution is 2.29. The Kier molecular flexibility index (Phi) is 9.30. The molecule has 0 saturated heterocycles. The highest BCUT2D eigenvalue weighted by molar-refractivity contribution is 5.51. The van der Waals surface area contributed by atoms with E-state index in [1.807, 2.05) is 0 Å². The lowest BCUT2D eigenvalue weighted by Crippen LogP contribution is -2.12. The Labute approximate surface area is 124 Å². The van der Waals surface area contributed by atoms with Crippen LogP contribution in [0.25, 0.3) is 0 Å². The molecular weight excluding hydrogens is 278 g/mol. The van der Waals surface area contributed by atoms with Crippen molar-refractivity contribution in [2.45, 2.75) is 0 Å². The molecule has 0 radical (unpaired) electrons. The molecule has 0 aliphatic rings. The summed E-state index contributed by atoms with van der Waals surface area (Å²) >= 11 is 0. The molecule has 0 heterocycles. The van der Waals surface area contributed by atoms with E-state index in [-0.39, 0.29) is 26.4 Å². The summed E-state index contributed by atoms with van der Waals surface area (Å²) in [7, 11) is 0. The summed E-state index contributed by atoms with van der Waals surface area (Å²) in [6.45, 7) is 1.98. The molecule has 4 N–H and O–H groups in total. The van der Waals surface area contributed by atoms with Crippen LogP contribution in [-0.2, 0) is 9.47 Å². The summed E-state index contributed by atoms with van der Waals surface area (Å²) in [5, 5.41) is 17.2. The van der Waals surface area contributed by atoms with Crippen molar-refractivity contribution in [3.05, 3.63) is 18.2 Å². The maximum Gasteiger partial charge on any atom is 0.163 e. The Morgan fingerprint density at radius 3 is 1.90 bits per heavy atom. The topological polar surface area (TPSA) is 103 Å². The van der Waals surface area contributed by atoms with Gasteiger partial charge in [0.25, 0.3) is 0 Å². The maximum absolute atomic E-state index is 8.59. The second-order valence-electron chi connectivity index (χ2n) is 4.08. The fraction of sp³-hybridized carbons (Fsp3) is 0.571. The highest BCUT2D eigenvalue weighted by Gasteiger charge is 2.06. The van der Waals surface area contributed by atoms with E-state index in [2.05, 4.69) is 0 Å². The number of nitrogens with two attached hydrogens (primary N) is 1. The molecule has 0 aliphatic carbocycles. The summed E-state index contributed by atoms with van der Waals surface area (Å²) in [4.78, 5) is 0. The van der Waals surface area contributed by atoms with Crippen molar-refractivity contribution in [1.82, 2.24) is 0 Å². The van der Waals surface area contributed by atoms with Crippen molar-refractivity contribution in [3.8, 4) is 11.5 Å². The monoisotopic (exact) mass is 301 g/mol. The molecule has 1 aromatic carbocycles. The molecule has 0 fully saturated rings. The third kappa shape index (κ3) is 7.72. The van der Waals surface area contributed by atoms with Crippen LogP contribution in [0.3, 0.4) is 0 Å². The van der Waals surface area contributed by atoms with E-state index in [1.54, 1.807) is 18.2 Å². The summed E-state index contributed by atoms with van der Waals surface area (Å²) < 4.78 is 21.3. The fourth-order valence-electron chi connectivity index (χ4n) is 1.51. The van der Waals surface area contributed by atoms with Crippen molar-refractivity contribution in [2.75, 3.05) is 58.6 Å². The Morgan fingerprint density at radius 2 is 1.33 bits per heavy atom. The van der Waals surface area contributed by atoms with Gasteiger partial charge in [0.05, 0.1) is 39.6 Å². The van der Waals surface area contributed by atoms with Gasteiger partial charge in [-0.1, -0.05) is 0 Å². The number of nitrogen functional groups attached to an aromatic ring is 1. The van der Waals surface area contributed by atoms with Gasteiger partial charge >= 0.3 is 0 Å². The summed E-state index contributed by atoms with van der Waals surface area (Å²) in [5.41, 5.74) is 6.30. The predicted octanol–water partition coefficient (Wildman–Crippen LogP) is 0.0442. The van der Waals surface area contributed by atoms with Gasteiger partial charge in [0.2, 0.25) is 0 Å². The first kappa shape index (κ1) is 17.5. The number of hydrogen-bond acceptors (Lipinski definition) is 7. The summed E-state index contributed by atoms with van der Waals surface area (Å²) in [6, 6.07) is 5.13. The zero-order valence-electron chi connectivity index (χ0n) is 12.0. The number of benzene rings is 1. The molecule has 0 bridgehead atoms. The quantitative estimate of drug-likeness (QED) is 0.370. The lowest BCUT2D eigenvalue weighted by molar-refractivity contribution is 0.0645. The Bertz CT molecular complexity index is 388. The van der Waals surface area contributed by atoms with Gasteiger partial charge in [0.1, 0.15) is 13.2 Å². The van der Waals surface area contributed by atoms with Gasteiger partial charge in [-0.25, -0.2) is 0 Å². The van der Waals surface area contributed by atoms with Crippen molar-refractivity contribution in [2.24, 2.45) is 0 Å². The van der Waals surface area contributed by atoms with Crippen LogP contribution >= 0.6 is 0 Å². The standard InChI is InChI=1S/C14H23NO6/c15-12-1-2-13(20-9-7-18-5-3-16)14(11-12)21-10-8-19-6-4-17/h1-2,11,16-17H,3-10,15H2. The molecule has 120 valence electrons. The molecule has 7 heteroatoms. The van der Waals surface area contributed by atoms with Gasteiger partial charge in [-0.2, -0.15) is 0 Å². The number of aliphatic hydroxyl groups is 2. The van der Waals surface area contributed by atoms with Crippen LogP contribution in [0.4, 0.5) is 5.69 Å². The lowest BCUT2D eigenvalue weighted by atomic mass is 10.3. The van der Waals surface area contributed by atoms with E-state index in [0.717, 1.165) is 0 Å². The summed E-state index contributed by atoms with van der Waals surface area (Å²) in [5.74, 6) is 1.10. The predicted molar refractivity (Wildman–Crippen MR) is 77.7 cm³/mol. The van der Waals surface area contributed by atoms with Gasteiger partial charge in [-0.05, 0) is 12.1 Å². The first-order valence-electron chi connectivity index (χ1n) is 6.80. The number of hydrogen-bond donors (Lipinski definition) is 3. The molecule has 1 rings (SSSR count). The van der Waals surface area contributed by atoms with Gasteiger partial charge in [0, 0.05) is 11.8 Å². The molecule has 0 aromatic heterocycles. The largest absolute Gasteiger partial charge is 0.487 e. The minimum atomic E-state index is -0.0134. The lowest BCUT2D eigenvalue weighted by Gasteiger charge is -2.13. The zero-order valence-corrected chi connectivity index (χ0v) is 12.0. The SMILES string of the molecule is Nc1ccc(OCCOCCO)c(OCCOCCO)c1. The van der Waals surface area contributed by atoms with E-state index in [1.165, 1.54) is 0 Å². The number of ether oxygens (including phenoxy) is 4. The third-order valence-electron chi connectivity index (χ3n) is 2.41. The second-order valence-corrected chi connectivity index (χ2v) is 4.08. The van der Waals surface area contributed by atoms with Crippen LogP contribution in [0.2, 0.25) is 0 Å². The number of rotatable bonds is 12. The number of anilines is 1. The van der Waals surface area contributed by atoms with Crippen LogP contribution in [0, 0.1) is 0 Å². The van der Waals surface area contributed by atoms with Gasteiger partial charge in [-0.15, -0.1) is 0 Å². The molecule has 21 heavy (non-hydrogen) atoms. The minimum absolute atomic E-state index is 0.00985. The molecule has 1 aromatic rings. The van der Waals surface area contributed by atoms with E-state index in [4.69, 9.17) is 34.9 Å². The van der Waals surface area contributed by atoms with Crippen LogP contribution in [0.1, 0.15) is 0 Å². The van der Waals surface area contributed by atoms with Crippen LogP contribution in [0.5, 0.6) is 11.5 Å². The molecule has 0 amide bonds.